The van der Waals surface area contributed by atoms with Gasteiger partial charge >= 0.3 is 0 Å². The van der Waals surface area contributed by atoms with E-state index in [-0.39, 0.29) is 12.5 Å². The average Bonchev–Trinajstić information content (AvgIpc) is 2.36. The first-order chi connectivity index (χ1) is 4.88. The van der Waals surface area contributed by atoms with Crippen LogP contribution in [0, 0.1) is 0 Å². The first-order valence-electron chi connectivity index (χ1n) is 2.98. The molecule has 1 aliphatic heterocycles. The highest BCUT2D eigenvalue weighted by molar-refractivity contribution is 6.50. The normalized spacial score (nSPS) is 21.4. The van der Waals surface area contributed by atoms with Gasteiger partial charge in [0.25, 0.3) is 0 Å². The lowest BCUT2D eigenvalue weighted by molar-refractivity contribution is -0.108. The van der Waals surface area contributed by atoms with Crippen LogP contribution in [-0.4, -0.2) is 18.2 Å². The summed E-state index contributed by atoms with van der Waals surface area (Å²) in [7, 11) is 0. The smallest absolute Gasteiger partial charge is 0.207 e. The Labute approximate surface area is 57.7 Å². The van der Waals surface area contributed by atoms with Crippen molar-refractivity contribution in [1.29, 1.82) is 0 Å². The molecule has 0 saturated carbocycles. The van der Waals surface area contributed by atoms with Gasteiger partial charge in [0.15, 0.2) is 18.2 Å². The van der Waals surface area contributed by atoms with Crippen molar-refractivity contribution in [3.63, 3.8) is 0 Å². The van der Waals surface area contributed by atoms with Crippen LogP contribution < -0.4 is 0 Å². The maximum Gasteiger partial charge on any atom is 0.207 e. The van der Waals surface area contributed by atoms with Crippen molar-refractivity contribution < 1.29 is 9.53 Å². The second kappa shape index (κ2) is 1.80. The number of allylic oxidation sites excluding steroid dienone is 4. The molecule has 0 unspecified atom stereocenters. The number of aliphatic imine (C=N–C) groups is 1. The number of nitrogens with zero attached hydrogens (tertiary/aromatic N) is 1. The summed E-state index contributed by atoms with van der Waals surface area (Å²) in [4.78, 5) is 14.8. The van der Waals surface area contributed by atoms with Crippen molar-refractivity contribution in [2.24, 2.45) is 4.99 Å². The summed E-state index contributed by atoms with van der Waals surface area (Å²) in [6.07, 6.45) is 4.90. The fourth-order valence-electron chi connectivity index (χ4n) is 0.941. The van der Waals surface area contributed by atoms with E-state index in [4.69, 9.17) is 4.74 Å². The molecule has 0 aromatic carbocycles. The highest BCUT2D eigenvalue weighted by Gasteiger charge is 2.21. The molecule has 0 spiro atoms. The Kier molecular flexibility index (Phi) is 0.974. The Bertz CT molecular complexity index is 273. The molecule has 0 saturated heterocycles. The molecule has 0 fully saturated rings. The van der Waals surface area contributed by atoms with Crippen LogP contribution in [0.5, 0.6) is 0 Å². The molecule has 3 heteroatoms. The van der Waals surface area contributed by atoms with Crippen molar-refractivity contribution in [1.82, 2.24) is 0 Å². The van der Waals surface area contributed by atoms with Crippen molar-refractivity contribution >= 4 is 11.5 Å². The minimum atomic E-state index is -0.0602. The largest absolute Gasteiger partial charge is 0.469 e. The van der Waals surface area contributed by atoms with Gasteiger partial charge in [0.2, 0.25) is 5.78 Å². The van der Waals surface area contributed by atoms with Crippen LogP contribution in [0.1, 0.15) is 0 Å². The number of hydrogen-bond acceptors (Lipinski definition) is 3. The van der Waals surface area contributed by atoms with Gasteiger partial charge in [-0.05, 0) is 12.2 Å². The topological polar surface area (TPSA) is 38.7 Å². The standard InChI is InChI=1S/C7H5NO2/c9-5-2-1-3-6-7(5)8-4-10-6/h1-3H,4H2. The van der Waals surface area contributed by atoms with Gasteiger partial charge in [0.05, 0.1) is 0 Å². The van der Waals surface area contributed by atoms with Crippen LogP contribution >= 0.6 is 0 Å². The summed E-state index contributed by atoms with van der Waals surface area (Å²) in [6.45, 7) is 0.286. The van der Waals surface area contributed by atoms with Gasteiger partial charge in [0, 0.05) is 0 Å². The Morgan fingerprint density at radius 2 is 2.50 bits per heavy atom. The number of ketones is 1. The molecule has 50 valence electrons. The van der Waals surface area contributed by atoms with Crippen molar-refractivity contribution in [2.75, 3.05) is 6.73 Å². The summed E-state index contributed by atoms with van der Waals surface area (Å²) in [5.74, 6) is 0.544. The van der Waals surface area contributed by atoms with E-state index in [1.165, 1.54) is 6.08 Å². The SMILES string of the molecule is O=C1C=CC=C2OCN=C12. The van der Waals surface area contributed by atoms with E-state index in [0.717, 1.165) is 0 Å². The zero-order valence-electron chi connectivity index (χ0n) is 5.20. The van der Waals surface area contributed by atoms with Crippen LogP contribution in [0.15, 0.2) is 29.0 Å². The monoisotopic (exact) mass is 135 g/mol. The number of hydrogen-bond donors (Lipinski definition) is 0. The first kappa shape index (κ1) is 5.41. The molecule has 10 heavy (non-hydrogen) atoms. The Morgan fingerprint density at radius 1 is 1.60 bits per heavy atom. The van der Waals surface area contributed by atoms with E-state index in [0.29, 0.717) is 11.5 Å². The van der Waals surface area contributed by atoms with Gasteiger partial charge < -0.3 is 4.74 Å². The van der Waals surface area contributed by atoms with Gasteiger partial charge in [-0.15, -0.1) is 0 Å². The summed E-state index contributed by atoms with van der Waals surface area (Å²) in [5, 5.41) is 0. The molecular formula is C7H5NO2. The quantitative estimate of drug-likeness (QED) is 0.452. The molecule has 0 atom stereocenters. The highest BCUT2D eigenvalue weighted by atomic mass is 16.5. The predicted molar refractivity (Wildman–Crippen MR) is 35.6 cm³/mol. The van der Waals surface area contributed by atoms with Gasteiger partial charge in [-0.3, -0.25) is 4.79 Å². The summed E-state index contributed by atoms with van der Waals surface area (Å²) in [5.41, 5.74) is 0.461. The van der Waals surface area contributed by atoms with Crippen LogP contribution in [0.2, 0.25) is 0 Å². The molecule has 1 heterocycles. The highest BCUT2D eigenvalue weighted by Crippen LogP contribution is 2.13. The molecule has 3 nitrogen and oxygen atoms in total. The second-order valence-electron chi connectivity index (χ2n) is 2.03. The minimum absolute atomic E-state index is 0.0602. The zero-order chi connectivity index (χ0) is 6.97. The summed E-state index contributed by atoms with van der Waals surface area (Å²) in [6, 6.07) is 0. The Hall–Kier alpha value is -1.38. The maximum atomic E-state index is 10.9. The molecule has 0 aromatic rings. The zero-order valence-corrected chi connectivity index (χ0v) is 5.20. The molecule has 2 rings (SSSR count). The van der Waals surface area contributed by atoms with Crippen LogP contribution in [0.3, 0.4) is 0 Å². The molecule has 0 N–H and O–H groups in total. The second-order valence-corrected chi connectivity index (χ2v) is 2.03. The lowest BCUT2D eigenvalue weighted by Crippen LogP contribution is -2.13. The van der Waals surface area contributed by atoms with Gasteiger partial charge in [-0.1, -0.05) is 6.08 Å². The Morgan fingerprint density at radius 3 is 3.30 bits per heavy atom. The number of fused-ring (bicyclic) bond motifs is 1. The molecule has 0 aromatic heterocycles. The molecular weight excluding hydrogens is 130 g/mol. The van der Waals surface area contributed by atoms with E-state index in [1.807, 2.05) is 0 Å². The molecule has 1 aliphatic carbocycles. The van der Waals surface area contributed by atoms with E-state index >= 15 is 0 Å². The minimum Gasteiger partial charge on any atom is -0.469 e. The van der Waals surface area contributed by atoms with Crippen LogP contribution in [0.25, 0.3) is 0 Å². The van der Waals surface area contributed by atoms with E-state index in [1.54, 1.807) is 12.2 Å². The fraction of sp³-hybridized carbons (Fsp3) is 0.143. The third kappa shape index (κ3) is 0.603. The van der Waals surface area contributed by atoms with E-state index in [9.17, 15) is 4.79 Å². The fourth-order valence-corrected chi connectivity index (χ4v) is 0.941. The molecule has 0 amide bonds. The van der Waals surface area contributed by atoms with Gasteiger partial charge in [-0.25, -0.2) is 4.99 Å². The molecule has 0 radical (unpaired) electrons. The summed E-state index contributed by atoms with van der Waals surface area (Å²) < 4.78 is 5.01. The number of rotatable bonds is 0. The number of carbonyl (C=O) groups excluding carboxylic acids is 1. The third-order valence-electron chi connectivity index (χ3n) is 1.40. The van der Waals surface area contributed by atoms with Crippen LogP contribution in [-0.2, 0) is 9.53 Å². The number of ether oxygens (including phenoxy) is 1. The maximum absolute atomic E-state index is 10.9. The van der Waals surface area contributed by atoms with Gasteiger partial charge in [0.1, 0.15) is 0 Å². The first-order valence-corrected chi connectivity index (χ1v) is 2.98. The molecule has 2 aliphatic rings. The van der Waals surface area contributed by atoms with Crippen LogP contribution in [0.4, 0.5) is 0 Å². The van der Waals surface area contributed by atoms with E-state index in [2.05, 4.69) is 4.99 Å². The molecule has 0 bridgehead atoms. The van der Waals surface area contributed by atoms with Crippen molar-refractivity contribution in [3.8, 4) is 0 Å². The van der Waals surface area contributed by atoms with E-state index < -0.39 is 0 Å². The summed E-state index contributed by atoms with van der Waals surface area (Å²) >= 11 is 0. The van der Waals surface area contributed by atoms with Crippen molar-refractivity contribution in [3.05, 3.63) is 24.0 Å². The Balaban J connectivity index is 2.48. The lowest BCUT2D eigenvalue weighted by atomic mass is 10.1. The average molecular weight is 135 g/mol. The predicted octanol–water partition coefficient (Wildman–Crippen LogP) is 0.438. The third-order valence-corrected chi connectivity index (χ3v) is 1.40. The number of carbonyl (C=O) groups is 1. The van der Waals surface area contributed by atoms with Gasteiger partial charge in [-0.2, -0.15) is 0 Å². The van der Waals surface area contributed by atoms with Crippen molar-refractivity contribution in [2.45, 2.75) is 0 Å². The lowest BCUT2D eigenvalue weighted by Gasteiger charge is -2.00.